The topological polar surface area (TPSA) is 46.6 Å². The third-order valence-corrected chi connectivity index (χ3v) is 4.15. The first kappa shape index (κ1) is 12.2. The number of carbonyl (C=O) groups is 2. The first-order chi connectivity index (χ1) is 9.17. The Balaban J connectivity index is 1.79. The molecule has 1 aliphatic carbocycles. The molecule has 2 aliphatic rings. The van der Waals surface area contributed by atoms with Gasteiger partial charge in [-0.25, -0.2) is 0 Å². The Bertz CT molecular complexity index is 534. The molecule has 0 atom stereocenters. The minimum absolute atomic E-state index is 0.0612. The first-order valence-corrected chi connectivity index (χ1v) is 6.62. The van der Waals surface area contributed by atoms with E-state index in [1.807, 2.05) is 18.2 Å². The second kappa shape index (κ2) is 4.37. The fourth-order valence-electron chi connectivity index (χ4n) is 2.80. The zero-order valence-electron chi connectivity index (χ0n) is 11.0. The van der Waals surface area contributed by atoms with Crippen molar-refractivity contribution < 1.29 is 14.3 Å². The lowest BCUT2D eigenvalue weighted by molar-refractivity contribution is -0.156. The maximum Gasteiger partial charge on any atom is 0.321 e. The number of nitrogens with zero attached hydrogens (tertiary/aromatic N) is 1. The van der Waals surface area contributed by atoms with Crippen LogP contribution in [0.2, 0.25) is 0 Å². The van der Waals surface area contributed by atoms with Crippen molar-refractivity contribution in [2.24, 2.45) is 5.41 Å². The molecule has 0 aromatic heterocycles. The van der Waals surface area contributed by atoms with Crippen LogP contribution in [-0.4, -0.2) is 30.4 Å². The smallest absolute Gasteiger partial charge is 0.321 e. The van der Waals surface area contributed by atoms with E-state index >= 15 is 0 Å². The minimum Gasteiger partial charge on any atom is -0.468 e. The van der Waals surface area contributed by atoms with Gasteiger partial charge >= 0.3 is 5.97 Å². The molecule has 19 heavy (non-hydrogen) atoms. The van der Waals surface area contributed by atoms with Crippen LogP contribution in [0.15, 0.2) is 24.3 Å². The largest absolute Gasteiger partial charge is 0.468 e. The van der Waals surface area contributed by atoms with Gasteiger partial charge in [-0.05, 0) is 30.4 Å². The van der Waals surface area contributed by atoms with E-state index in [-0.39, 0.29) is 11.9 Å². The Morgan fingerprint density at radius 2 is 1.89 bits per heavy atom. The van der Waals surface area contributed by atoms with Gasteiger partial charge in [-0.2, -0.15) is 0 Å². The summed E-state index contributed by atoms with van der Waals surface area (Å²) in [5.74, 6) is -0.440. The number of amides is 1. The first-order valence-electron chi connectivity index (χ1n) is 6.62. The number of rotatable bonds is 2. The highest BCUT2D eigenvalue weighted by Gasteiger charge is 2.59. The van der Waals surface area contributed by atoms with Gasteiger partial charge in [0.15, 0.2) is 0 Å². The maximum atomic E-state index is 12.5. The Morgan fingerprint density at radius 3 is 2.53 bits per heavy atom. The van der Waals surface area contributed by atoms with Crippen molar-refractivity contribution >= 4 is 11.9 Å². The van der Waals surface area contributed by atoms with Crippen LogP contribution in [-0.2, 0) is 27.3 Å². The molecule has 0 saturated heterocycles. The SMILES string of the molecule is COC(=O)C1(C(=O)N2CCc3ccccc3C2)CC1. The molecular formula is C15H17NO3. The lowest BCUT2D eigenvalue weighted by Gasteiger charge is -2.31. The van der Waals surface area contributed by atoms with Crippen molar-refractivity contribution in [1.29, 1.82) is 0 Å². The van der Waals surface area contributed by atoms with E-state index in [2.05, 4.69) is 6.07 Å². The van der Waals surface area contributed by atoms with Gasteiger partial charge in [0, 0.05) is 13.1 Å². The molecular weight excluding hydrogens is 242 g/mol. The summed E-state index contributed by atoms with van der Waals surface area (Å²) in [4.78, 5) is 26.1. The van der Waals surface area contributed by atoms with E-state index in [1.165, 1.54) is 18.2 Å². The number of fused-ring (bicyclic) bond motifs is 1. The number of hydrogen-bond donors (Lipinski definition) is 0. The summed E-state index contributed by atoms with van der Waals surface area (Å²) in [6.45, 7) is 1.29. The molecule has 1 fully saturated rings. The van der Waals surface area contributed by atoms with Crippen molar-refractivity contribution in [2.45, 2.75) is 25.8 Å². The molecule has 1 saturated carbocycles. The lowest BCUT2D eigenvalue weighted by atomic mass is 9.97. The molecule has 0 unspecified atom stereocenters. The average molecular weight is 259 g/mol. The lowest BCUT2D eigenvalue weighted by Crippen LogP contribution is -2.43. The fraction of sp³-hybridized carbons (Fsp3) is 0.467. The molecule has 1 amide bonds. The number of carbonyl (C=O) groups excluding carboxylic acids is 2. The highest BCUT2D eigenvalue weighted by atomic mass is 16.5. The van der Waals surface area contributed by atoms with Gasteiger partial charge in [0.1, 0.15) is 5.41 Å². The van der Waals surface area contributed by atoms with Gasteiger partial charge in [0.25, 0.3) is 0 Å². The summed E-state index contributed by atoms with van der Waals surface area (Å²) >= 11 is 0. The Labute approximate surface area is 112 Å². The Morgan fingerprint density at radius 1 is 1.21 bits per heavy atom. The fourth-order valence-corrected chi connectivity index (χ4v) is 2.80. The Kier molecular flexibility index (Phi) is 2.81. The summed E-state index contributed by atoms with van der Waals surface area (Å²) < 4.78 is 4.77. The van der Waals surface area contributed by atoms with Crippen LogP contribution in [0.1, 0.15) is 24.0 Å². The number of methoxy groups -OCH3 is 1. The number of ether oxygens (including phenoxy) is 1. The van der Waals surface area contributed by atoms with Crippen molar-refractivity contribution in [3.8, 4) is 0 Å². The quantitative estimate of drug-likeness (QED) is 0.597. The number of hydrogen-bond acceptors (Lipinski definition) is 3. The van der Waals surface area contributed by atoms with E-state index in [0.717, 1.165) is 6.42 Å². The molecule has 0 bridgehead atoms. The summed E-state index contributed by atoms with van der Waals surface area (Å²) in [6, 6.07) is 8.16. The van der Waals surface area contributed by atoms with E-state index in [0.29, 0.717) is 25.9 Å². The van der Waals surface area contributed by atoms with E-state index in [4.69, 9.17) is 4.74 Å². The molecule has 4 nitrogen and oxygen atoms in total. The summed E-state index contributed by atoms with van der Waals surface area (Å²) in [6.07, 6.45) is 2.10. The predicted octanol–water partition coefficient (Wildman–Crippen LogP) is 1.52. The maximum absolute atomic E-state index is 12.5. The molecule has 1 aromatic carbocycles. The van der Waals surface area contributed by atoms with Crippen LogP contribution in [0, 0.1) is 5.41 Å². The highest BCUT2D eigenvalue weighted by molar-refractivity contribution is 6.05. The van der Waals surface area contributed by atoms with Gasteiger partial charge in [-0.3, -0.25) is 9.59 Å². The van der Waals surface area contributed by atoms with E-state index < -0.39 is 5.41 Å². The van der Waals surface area contributed by atoms with Gasteiger partial charge in [-0.15, -0.1) is 0 Å². The second-order valence-electron chi connectivity index (χ2n) is 5.32. The third kappa shape index (κ3) is 1.91. The van der Waals surface area contributed by atoms with E-state index in [9.17, 15) is 9.59 Å². The van der Waals surface area contributed by atoms with Crippen LogP contribution in [0.3, 0.4) is 0 Å². The third-order valence-electron chi connectivity index (χ3n) is 4.15. The summed E-state index contributed by atoms with van der Waals surface area (Å²) in [7, 11) is 1.35. The van der Waals surface area contributed by atoms with Crippen LogP contribution in [0.25, 0.3) is 0 Å². The molecule has 1 heterocycles. The van der Waals surface area contributed by atoms with E-state index in [1.54, 1.807) is 4.90 Å². The normalized spacial score (nSPS) is 19.5. The second-order valence-corrected chi connectivity index (χ2v) is 5.32. The van der Waals surface area contributed by atoms with Crippen LogP contribution >= 0.6 is 0 Å². The van der Waals surface area contributed by atoms with Gasteiger partial charge in [0.05, 0.1) is 7.11 Å². The molecule has 0 N–H and O–H groups in total. The molecule has 4 heteroatoms. The minimum atomic E-state index is -0.874. The molecule has 1 aromatic rings. The van der Waals surface area contributed by atoms with Crippen LogP contribution < -0.4 is 0 Å². The van der Waals surface area contributed by atoms with Crippen molar-refractivity contribution in [1.82, 2.24) is 4.90 Å². The highest BCUT2D eigenvalue weighted by Crippen LogP contribution is 2.48. The van der Waals surface area contributed by atoms with Crippen LogP contribution in [0.4, 0.5) is 0 Å². The molecule has 0 spiro atoms. The van der Waals surface area contributed by atoms with Gasteiger partial charge in [0.2, 0.25) is 5.91 Å². The van der Waals surface area contributed by atoms with Crippen molar-refractivity contribution in [3.05, 3.63) is 35.4 Å². The summed E-state index contributed by atoms with van der Waals surface area (Å²) in [5.41, 5.74) is 1.61. The zero-order valence-corrected chi connectivity index (χ0v) is 11.0. The predicted molar refractivity (Wildman–Crippen MR) is 69.2 cm³/mol. The monoisotopic (exact) mass is 259 g/mol. The number of esters is 1. The summed E-state index contributed by atoms with van der Waals surface area (Å²) in [5, 5.41) is 0. The zero-order chi connectivity index (χ0) is 13.5. The standard InChI is InChI=1S/C15H17NO3/c1-19-14(18)15(7-8-15)13(17)16-9-6-11-4-2-3-5-12(11)10-16/h2-5H,6-10H2,1H3. The number of benzene rings is 1. The van der Waals surface area contributed by atoms with Gasteiger partial charge in [-0.1, -0.05) is 24.3 Å². The molecule has 0 radical (unpaired) electrons. The molecule has 100 valence electrons. The van der Waals surface area contributed by atoms with Gasteiger partial charge < -0.3 is 9.64 Å². The average Bonchev–Trinajstić information content (AvgIpc) is 3.26. The Hall–Kier alpha value is -1.84. The van der Waals surface area contributed by atoms with Crippen molar-refractivity contribution in [2.75, 3.05) is 13.7 Å². The molecule has 3 rings (SSSR count). The van der Waals surface area contributed by atoms with Crippen molar-refractivity contribution in [3.63, 3.8) is 0 Å². The van der Waals surface area contributed by atoms with Crippen LogP contribution in [0.5, 0.6) is 0 Å². The molecule has 1 aliphatic heterocycles.